The Hall–Kier alpha value is -3.09. The van der Waals surface area contributed by atoms with Gasteiger partial charge in [-0.15, -0.1) is 0 Å². The highest BCUT2D eigenvalue weighted by atomic mass is 16.5. The first-order valence-corrected chi connectivity index (χ1v) is 8.11. The number of pyridine rings is 1. The molecule has 1 atom stereocenters. The molecule has 0 spiro atoms. The van der Waals surface area contributed by atoms with Gasteiger partial charge in [-0.05, 0) is 36.2 Å². The van der Waals surface area contributed by atoms with E-state index in [1.54, 1.807) is 38.7 Å². The van der Waals surface area contributed by atoms with Crippen LogP contribution in [0, 0.1) is 0 Å². The van der Waals surface area contributed by atoms with Crippen molar-refractivity contribution >= 4 is 11.9 Å². The number of amides is 1. The first kappa shape index (κ1) is 19.2. The van der Waals surface area contributed by atoms with Crippen LogP contribution in [0.25, 0.3) is 0 Å². The highest BCUT2D eigenvalue weighted by Gasteiger charge is 2.23. The number of hydrogen-bond donors (Lipinski definition) is 1. The van der Waals surface area contributed by atoms with E-state index in [1.165, 1.54) is 6.92 Å². The molecule has 1 heterocycles. The number of nitrogens with one attached hydrogen (secondary N) is 1. The maximum atomic E-state index is 12.4. The number of carbonyl (C=O) groups excluding carboxylic acids is 2. The fourth-order valence-corrected chi connectivity index (χ4v) is 2.44. The van der Waals surface area contributed by atoms with Gasteiger partial charge in [-0.3, -0.25) is 14.6 Å². The molecule has 1 amide bonds. The first-order valence-electron chi connectivity index (χ1n) is 8.11. The van der Waals surface area contributed by atoms with E-state index in [9.17, 15) is 9.59 Å². The number of benzene rings is 1. The van der Waals surface area contributed by atoms with Crippen molar-refractivity contribution in [2.75, 3.05) is 20.8 Å². The summed E-state index contributed by atoms with van der Waals surface area (Å²) in [5, 5.41) is 2.79. The van der Waals surface area contributed by atoms with Crippen molar-refractivity contribution in [3.05, 3.63) is 53.9 Å². The third-order valence-corrected chi connectivity index (χ3v) is 3.69. The molecule has 1 unspecified atom stereocenters. The Kier molecular flexibility index (Phi) is 6.96. The average Bonchev–Trinajstić information content (AvgIpc) is 2.66. The lowest BCUT2D eigenvalue weighted by atomic mass is 10.1. The van der Waals surface area contributed by atoms with Crippen LogP contribution >= 0.6 is 0 Å². The van der Waals surface area contributed by atoms with E-state index < -0.39 is 12.1 Å². The Labute approximate surface area is 152 Å². The predicted octanol–water partition coefficient (Wildman–Crippen LogP) is 2.06. The zero-order valence-corrected chi connectivity index (χ0v) is 15.0. The lowest BCUT2D eigenvalue weighted by Crippen LogP contribution is -2.33. The van der Waals surface area contributed by atoms with Crippen molar-refractivity contribution in [2.45, 2.75) is 19.4 Å². The molecule has 1 N–H and O–H groups in total. The van der Waals surface area contributed by atoms with E-state index >= 15 is 0 Å². The molecule has 7 nitrogen and oxygen atoms in total. The fraction of sp³-hybridized carbons (Fsp3) is 0.316. The van der Waals surface area contributed by atoms with Crippen LogP contribution in [0.5, 0.6) is 11.5 Å². The molecule has 0 radical (unpaired) electrons. The van der Waals surface area contributed by atoms with Gasteiger partial charge >= 0.3 is 5.97 Å². The minimum atomic E-state index is -0.999. The van der Waals surface area contributed by atoms with Gasteiger partial charge in [0.15, 0.2) is 11.5 Å². The van der Waals surface area contributed by atoms with E-state index in [4.69, 9.17) is 14.2 Å². The molecule has 0 fully saturated rings. The van der Waals surface area contributed by atoms with E-state index in [2.05, 4.69) is 10.3 Å². The van der Waals surface area contributed by atoms with E-state index in [0.29, 0.717) is 30.0 Å². The second-order valence-electron chi connectivity index (χ2n) is 5.50. The molecular formula is C19H22N2O5. The summed E-state index contributed by atoms with van der Waals surface area (Å²) >= 11 is 0. The minimum absolute atomic E-state index is 0.383. The van der Waals surface area contributed by atoms with Gasteiger partial charge in [0, 0.05) is 31.4 Å². The number of methoxy groups -OCH3 is 2. The molecule has 1 aromatic heterocycles. The Balaban J connectivity index is 1.98. The SMILES string of the molecule is COc1ccc(CCNC(=O)C(OC(C)=O)c2ccncc2)cc1OC. The maximum absolute atomic E-state index is 12.4. The van der Waals surface area contributed by atoms with Gasteiger partial charge in [-0.1, -0.05) is 6.07 Å². The van der Waals surface area contributed by atoms with Gasteiger partial charge in [0.1, 0.15) is 0 Å². The van der Waals surface area contributed by atoms with Gasteiger partial charge in [-0.2, -0.15) is 0 Å². The summed E-state index contributed by atoms with van der Waals surface area (Å²) in [6.45, 7) is 1.66. The third-order valence-electron chi connectivity index (χ3n) is 3.69. The van der Waals surface area contributed by atoms with E-state index in [-0.39, 0.29) is 5.91 Å². The topological polar surface area (TPSA) is 86.8 Å². The molecule has 0 aliphatic rings. The molecule has 0 saturated carbocycles. The zero-order chi connectivity index (χ0) is 18.9. The van der Waals surface area contributed by atoms with Crippen LogP contribution in [-0.2, 0) is 20.7 Å². The molecule has 0 saturated heterocycles. The number of esters is 1. The molecule has 0 bridgehead atoms. The maximum Gasteiger partial charge on any atom is 0.303 e. The molecule has 7 heteroatoms. The molecule has 26 heavy (non-hydrogen) atoms. The monoisotopic (exact) mass is 358 g/mol. The molecular weight excluding hydrogens is 336 g/mol. The molecule has 1 aromatic carbocycles. The van der Waals surface area contributed by atoms with Gasteiger partial charge < -0.3 is 19.5 Å². The summed E-state index contributed by atoms with van der Waals surface area (Å²) in [4.78, 5) is 27.7. The first-order chi connectivity index (χ1) is 12.5. The Morgan fingerprint density at radius 2 is 1.77 bits per heavy atom. The molecule has 0 aliphatic carbocycles. The van der Waals surface area contributed by atoms with Crippen molar-refractivity contribution in [1.29, 1.82) is 0 Å². The van der Waals surface area contributed by atoms with E-state index in [1.807, 2.05) is 18.2 Å². The summed E-state index contributed by atoms with van der Waals surface area (Å²) < 4.78 is 15.6. The summed E-state index contributed by atoms with van der Waals surface area (Å²) in [6.07, 6.45) is 2.68. The highest BCUT2D eigenvalue weighted by molar-refractivity contribution is 5.84. The average molecular weight is 358 g/mol. The normalized spacial score (nSPS) is 11.3. The van der Waals surface area contributed by atoms with Crippen LogP contribution < -0.4 is 14.8 Å². The molecule has 2 aromatic rings. The van der Waals surface area contributed by atoms with Gasteiger partial charge in [-0.25, -0.2) is 0 Å². The number of ether oxygens (including phenoxy) is 3. The smallest absolute Gasteiger partial charge is 0.303 e. The van der Waals surface area contributed by atoms with Crippen LogP contribution in [0.15, 0.2) is 42.7 Å². The van der Waals surface area contributed by atoms with Gasteiger partial charge in [0.05, 0.1) is 14.2 Å². The molecule has 0 aliphatic heterocycles. The zero-order valence-electron chi connectivity index (χ0n) is 15.0. The summed E-state index contributed by atoms with van der Waals surface area (Å²) in [6, 6.07) is 8.86. The van der Waals surface area contributed by atoms with Crippen molar-refractivity contribution < 1.29 is 23.8 Å². The van der Waals surface area contributed by atoms with Crippen molar-refractivity contribution in [3.63, 3.8) is 0 Å². The van der Waals surface area contributed by atoms with Gasteiger partial charge in [0.2, 0.25) is 6.10 Å². The fourth-order valence-electron chi connectivity index (χ4n) is 2.44. The van der Waals surface area contributed by atoms with Crippen molar-refractivity contribution in [1.82, 2.24) is 10.3 Å². The lowest BCUT2D eigenvalue weighted by Gasteiger charge is -2.17. The number of hydrogen-bond acceptors (Lipinski definition) is 6. The quantitative estimate of drug-likeness (QED) is 0.727. The minimum Gasteiger partial charge on any atom is -0.493 e. The Bertz CT molecular complexity index is 749. The number of rotatable bonds is 8. The lowest BCUT2D eigenvalue weighted by molar-refractivity contribution is -0.154. The number of nitrogens with zero attached hydrogens (tertiary/aromatic N) is 1. The Morgan fingerprint density at radius 3 is 2.38 bits per heavy atom. The second kappa shape index (κ2) is 9.41. The van der Waals surface area contributed by atoms with Crippen LogP contribution in [-0.4, -0.2) is 37.6 Å². The van der Waals surface area contributed by atoms with Crippen molar-refractivity contribution in [2.24, 2.45) is 0 Å². The highest BCUT2D eigenvalue weighted by Crippen LogP contribution is 2.27. The standard InChI is InChI=1S/C19H22N2O5/c1-13(22)26-18(15-7-9-20-10-8-15)19(23)21-11-6-14-4-5-16(24-2)17(12-14)25-3/h4-5,7-10,12,18H,6,11H2,1-3H3,(H,21,23). The third kappa shape index (κ3) is 5.20. The van der Waals surface area contributed by atoms with E-state index in [0.717, 1.165) is 5.56 Å². The van der Waals surface area contributed by atoms with Crippen LogP contribution in [0.3, 0.4) is 0 Å². The largest absolute Gasteiger partial charge is 0.493 e. The second-order valence-corrected chi connectivity index (χ2v) is 5.50. The van der Waals surface area contributed by atoms with Crippen LogP contribution in [0.4, 0.5) is 0 Å². The van der Waals surface area contributed by atoms with Crippen LogP contribution in [0.1, 0.15) is 24.2 Å². The predicted molar refractivity (Wildman–Crippen MR) is 95.0 cm³/mol. The summed E-state index contributed by atoms with van der Waals surface area (Å²) in [5.41, 5.74) is 1.55. The van der Waals surface area contributed by atoms with Crippen LogP contribution in [0.2, 0.25) is 0 Å². The molecule has 138 valence electrons. The summed E-state index contributed by atoms with van der Waals surface area (Å²) in [7, 11) is 3.15. The number of carbonyl (C=O) groups is 2. The number of aromatic nitrogens is 1. The molecule has 2 rings (SSSR count). The van der Waals surface area contributed by atoms with Crippen molar-refractivity contribution in [3.8, 4) is 11.5 Å². The summed E-state index contributed by atoms with van der Waals surface area (Å²) in [5.74, 6) is 0.368. The Morgan fingerprint density at radius 1 is 1.08 bits per heavy atom. The van der Waals surface area contributed by atoms with Gasteiger partial charge in [0.25, 0.3) is 5.91 Å².